The van der Waals surface area contributed by atoms with Gasteiger partial charge in [-0.25, -0.2) is 19.9 Å². The van der Waals surface area contributed by atoms with Crippen LogP contribution in [0.2, 0.25) is 0 Å². The van der Waals surface area contributed by atoms with Crippen molar-refractivity contribution in [2.75, 3.05) is 0 Å². The molecule has 4 heterocycles. The Kier molecular flexibility index (Phi) is 5.98. The SMILES string of the molecule is c1ccc(-c2nc(-c3cccc(-c4cccc5ccc6c7cccnc7sc6c45)c3)nc(-c3cccc4oc5ccccc5c34)n2)cc1. The number of rotatable bonds is 4. The van der Waals surface area contributed by atoms with Gasteiger partial charge in [0.05, 0.1) is 0 Å². The van der Waals surface area contributed by atoms with E-state index in [-0.39, 0.29) is 0 Å². The van der Waals surface area contributed by atoms with E-state index in [0.29, 0.717) is 17.5 Å². The molecule has 0 fully saturated rings. The minimum absolute atomic E-state index is 0.603. The van der Waals surface area contributed by atoms with E-state index in [1.165, 1.54) is 31.8 Å². The van der Waals surface area contributed by atoms with Gasteiger partial charge in [-0.05, 0) is 46.8 Å². The van der Waals surface area contributed by atoms with Crippen LogP contribution in [0.25, 0.3) is 98.3 Å². The molecule has 0 N–H and O–H groups in total. The van der Waals surface area contributed by atoms with Crippen molar-refractivity contribution in [1.29, 1.82) is 0 Å². The van der Waals surface area contributed by atoms with Crippen LogP contribution in [0.5, 0.6) is 0 Å². The molecular weight excluding hydrogens is 609 g/mol. The monoisotopic (exact) mass is 632 g/mol. The highest BCUT2D eigenvalue weighted by molar-refractivity contribution is 7.26. The Morgan fingerprint density at radius 3 is 2.10 bits per heavy atom. The summed E-state index contributed by atoms with van der Waals surface area (Å²) in [5, 5.41) is 6.88. The number of thiophene rings is 1. The summed E-state index contributed by atoms with van der Waals surface area (Å²) in [6.07, 6.45) is 1.87. The summed E-state index contributed by atoms with van der Waals surface area (Å²) in [6, 6.07) is 47.9. The van der Waals surface area contributed by atoms with Gasteiger partial charge in [0.1, 0.15) is 16.0 Å². The van der Waals surface area contributed by atoms with Crippen molar-refractivity contribution in [2.24, 2.45) is 0 Å². The molecule has 6 heteroatoms. The molecule has 10 aromatic rings. The standard InChI is InChI=1S/C42H24N4OS/c1-2-10-26(11-3-1)39-44-40(46-41(45-39)33-17-8-20-35-37(33)32-15-4-5-19-34(32)47-35)28-14-6-13-27(24-28)29-16-7-12-25-21-22-30-31-18-9-23-43-42(31)48-38(30)36(25)29/h1-24H. The van der Waals surface area contributed by atoms with Crippen LogP contribution in [0.4, 0.5) is 0 Å². The second-order valence-corrected chi connectivity index (χ2v) is 12.8. The second-order valence-electron chi connectivity index (χ2n) is 11.8. The Balaban J connectivity index is 1.19. The minimum Gasteiger partial charge on any atom is -0.456 e. The van der Waals surface area contributed by atoms with Crippen LogP contribution in [-0.4, -0.2) is 19.9 Å². The summed E-state index contributed by atoms with van der Waals surface area (Å²) in [5.74, 6) is 1.84. The fourth-order valence-corrected chi connectivity index (χ4v) is 8.02. The predicted octanol–water partition coefficient (Wildman–Crippen LogP) is 11.4. The molecule has 0 spiro atoms. The van der Waals surface area contributed by atoms with Crippen LogP contribution in [0, 0.1) is 0 Å². The van der Waals surface area contributed by atoms with E-state index >= 15 is 0 Å². The number of nitrogens with zero attached hydrogens (tertiary/aromatic N) is 4. The average Bonchev–Trinajstić information content (AvgIpc) is 3.74. The van der Waals surface area contributed by atoms with Crippen molar-refractivity contribution in [1.82, 2.24) is 19.9 Å². The number of aromatic nitrogens is 4. The first kappa shape index (κ1) is 26.9. The molecule has 0 aliphatic heterocycles. The first-order valence-electron chi connectivity index (χ1n) is 15.8. The smallest absolute Gasteiger partial charge is 0.164 e. The molecule has 4 aromatic heterocycles. The molecule has 0 atom stereocenters. The van der Waals surface area contributed by atoms with E-state index in [0.717, 1.165) is 49.0 Å². The topological polar surface area (TPSA) is 64.7 Å². The van der Waals surface area contributed by atoms with Crippen LogP contribution >= 0.6 is 11.3 Å². The van der Waals surface area contributed by atoms with E-state index in [2.05, 4.69) is 77.8 Å². The highest BCUT2D eigenvalue weighted by Gasteiger charge is 2.19. The second kappa shape index (κ2) is 10.7. The molecule has 224 valence electrons. The maximum absolute atomic E-state index is 6.22. The Bertz CT molecular complexity index is 2860. The number of furan rings is 1. The fourth-order valence-electron chi connectivity index (χ4n) is 6.81. The molecule has 0 saturated carbocycles. The van der Waals surface area contributed by atoms with Crippen LogP contribution in [0.3, 0.4) is 0 Å². The Hall–Kier alpha value is -6.24. The Labute approximate surface area is 278 Å². The van der Waals surface area contributed by atoms with Crippen molar-refractivity contribution in [3.63, 3.8) is 0 Å². The third-order valence-electron chi connectivity index (χ3n) is 9.00. The van der Waals surface area contributed by atoms with Gasteiger partial charge in [-0.3, -0.25) is 0 Å². The molecule has 0 amide bonds. The van der Waals surface area contributed by atoms with Crippen molar-refractivity contribution in [2.45, 2.75) is 0 Å². The van der Waals surface area contributed by atoms with Crippen LogP contribution < -0.4 is 0 Å². The number of hydrogen-bond donors (Lipinski definition) is 0. The summed E-state index contributed by atoms with van der Waals surface area (Å²) in [7, 11) is 0. The quantitative estimate of drug-likeness (QED) is 0.193. The van der Waals surface area contributed by atoms with Gasteiger partial charge in [-0.1, -0.05) is 109 Å². The molecular formula is C42H24N4OS. The van der Waals surface area contributed by atoms with Crippen molar-refractivity contribution in [3.8, 4) is 45.3 Å². The molecule has 10 rings (SSSR count). The number of hydrogen-bond acceptors (Lipinski definition) is 6. The first-order chi connectivity index (χ1) is 23.8. The van der Waals surface area contributed by atoms with Gasteiger partial charge in [0, 0.05) is 54.5 Å². The summed E-state index contributed by atoms with van der Waals surface area (Å²) in [4.78, 5) is 21.0. The van der Waals surface area contributed by atoms with Gasteiger partial charge in [0.2, 0.25) is 0 Å². The van der Waals surface area contributed by atoms with E-state index in [1.54, 1.807) is 11.3 Å². The summed E-state index contributed by atoms with van der Waals surface area (Å²) in [5.41, 5.74) is 6.66. The lowest BCUT2D eigenvalue weighted by Gasteiger charge is -2.12. The normalized spacial score (nSPS) is 11.8. The Morgan fingerprint density at radius 2 is 1.17 bits per heavy atom. The molecule has 0 radical (unpaired) electrons. The zero-order valence-electron chi connectivity index (χ0n) is 25.5. The molecule has 0 bridgehead atoms. The highest BCUT2D eigenvalue weighted by Crippen LogP contribution is 2.42. The lowest BCUT2D eigenvalue weighted by Crippen LogP contribution is -2.00. The molecule has 0 saturated heterocycles. The van der Waals surface area contributed by atoms with E-state index in [1.807, 2.05) is 72.9 Å². The lowest BCUT2D eigenvalue weighted by molar-refractivity contribution is 0.669. The number of fused-ring (bicyclic) bond motifs is 8. The van der Waals surface area contributed by atoms with Gasteiger partial charge in [0.15, 0.2) is 17.5 Å². The van der Waals surface area contributed by atoms with E-state index < -0.39 is 0 Å². The van der Waals surface area contributed by atoms with Crippen LogP contribution in [-0.2, 0) is 0 Å². The van der Waals surface area contributed by atoms with Gasteiger partial charge in [-0.2, -0.15) is 0 Å². The zero-order chi connectivity index (χ0) is 31.6. The van der Waals surface area contributed by atoms with Crippen molar-refractivity contribution >= 4 is 64.4 Å². The zero-order valence-corrected chi connectivity index (χ0v) is 26.3. The summed E-state index contributed by atoms with van der Waals surface area (Å²) in [6.45, 7) is 0. The summed E-state index contributed by atoms with van der Waals surface area (Å²) < 4.78 is 7.47. The predicted molar refractivity (Wildman–Crippen MR) is 197 cm³/mol. The van der Waals surface area contributed by atoms with Gasteiger partial charge < -0.3 is 4.42 Å². The molecule has 0 aliphatic carbocycles. The molecule has 5 nitrogen and oxygen atoms in total. The average molecular weight is 633 g/mol. The van der Waals surface area contributed by atoms with Gasteiger partial charge in [-0.15, -0.1) is 11.3 Å². The first-order valence-corrected chi connectivity index (χ1v) is 16.6. The van der Waals surface area contributed by atoms with Gasteiger partial charge in [0.25, 0.3) is 0 Å². The largest absolute Gasteiger partial charge is 0.456 e. The number of benzene rings is 6. The number of pyridine rings is 1. The van der Waals surface area contributed by atoms with Crippen LogP contribution in [0.15, 0.2) is 150 Å². The van der Waals surface area contributed by atoms with Crippen LogP contribution in [0.1, 0.15) is 0 Å². The van der Waals surface area contributed by atoms with Crippen molar-refractivity contribution < 1.29 is 4.42 Å². The van der Waals surface area contributed by atoms with E-state index in [9.17, 15) is 0 Å². The van der Waals surface area contributed by atoms with Crippen molar-refractivity contribution in [3.05, 3.63) is 146 Å². The maximum Gasteiger partial charge on any atom is 0.164 e. The molecule has 0 aliphatic rings. The Morgan fingerprint density at radius 1 is 0.458 bits per heavy atom. The molecule has 48 heavy (non-hydrogen) atoms. The molecule has 0 unspecified atom stereocenters. The highest BCUT2D eigenvalue weighted by atomic mass is 32.1. The summed E-state index contributed by atoms with van der Waals surface area (Å²) >= 11 is 1.75. The fraction of sp³-hybridized carbons (Fsp3) is 0. The lowest BCUT2D eigenvalue weighted by atomic mass is 9.95. The minimum atomic E-state index is 0.603. The third kappa shape index (κ3) is 4.24. The van der Waals surface area contributed by atoms with Gasteiger partial charge >= 0.3 is 0 Å². The van der Waals surface area contributed by atoms with E-state index in [4.69, 9.17) is 19.4 Å². The maximum atomic E-state index is 6.22. The molecule has 6 aromatic carbocycles. The number of para-hydroxylation sites is 1. The third-order valence-corrected chi connectivity index (χ3v) is 10.1.